The van der Waals surface area contributed by atoms with Crippen molar-refractivity contribution in [3.05, 3.63) is 97.2 Å². The average Bonchev–Trinajstić information content (AvgIpc) is 3.32. The lowest BCUT2D eigenvalue weighted by Crippen LogP contribution is -2.46. The molecule has 0 bridgehead atoms. The van der Waals surface area contributed by atoms with Crippen molar-refractivity contribution in [2.24, 2.45) is 0 Å². The van der Waals surface area contributed by atoms with Gasteiger partial charge in [0.2, 0.25) is 5.91 Å². The van der Waals surface area contributed by atoms with Gasteiger partial charge >= 0.3 is 5.97 Å². The summed E-state index contributed by atoms with van der Waals surface area (Å²) in [7, 11) is 0. The highest BCUT2D eigenvalue weighted by atomic mass is 16.5. The minimum atomic E-state index is -0.811. The summed E-state index contributed by atoms with van der Waals surface area (Å²) in [6, 6.07) is -0.728. The highest BCUT2D eigenvalue weighted by Gasteiger charge is 2.24. The predicted octanol–water partition coefficient (Wildman–Crippen LogP) is 17.3. The molecule has 0 aromatic rings. The molecule has 0 fully saturated rings. The summed E-state index contributed by atoms with van der Waals surface area (Å²) in [5, 5.41) is 23.8. The minimum absolute atomic E-state index is 0.0335. The van der Waals surface area contributed by atoms with Gasteiger partial charge in [-0.3, -0.25) is 9.59 Å². The Kier molecular flexibility index (Phi) is 51.1. The second kappa shape index (κ2) is 53.7. The van der Waals surface area contributed by atoms with E-state index < -0.39 is 18.2 Å². The molecule has 67 heavy (non-hydrogen) atoms. The van der Waals surface area contributed by atoms with Crippen molar-refractivity contribution in [1.82, 2.24) is 5.32 Å². The number of rotatable bonds is 49. The van der Waals surface area contributed by atoms with E-state index in [-0.39, 0.29) is 24.9 Å². The second-order valence-electron chi connectivity index (χ2n) is 18.7. The highest BCUT2D eigenvalue weighted by Crippen LogP contribution is 2.17. The molecule has 0 aliphatic rings. The first-order valence-electron chi connectivity index (χ1n) is 28.0. The Balaban J connectivity index is 4.64. The predicted molar refractivity (Wildman–Crippen MR) is 291 cm³/mol. The molecule has 0 spiro atoms. The van der Waals surface area contributed by atoms with E-state index >= 15 is 0 Å². The monoisotopic (exact) mass is 932 g/mol. The molecule has 0 rings (SSSR count). The van der Waals surface area contributed by atoms with E-state index in [1.807, 2.05) is 24.3 Å². The van der Waals surface area contributed by atoms with E-state index in [0.29, 0.717) is 19.3 Å². The summed E-state index contributed by atoms with van der Waals surface area (Å²) < 4.78 is 5.92. The van der Waals surface area contributed by atoms with Crippen molar-refractivity contribution in [3.63, 3.8) is 0 Å². The lowest BCUT2D eigenvalue weighted by Gasteiger charge is -2.24. The van der Waals surface area contributed by atoms with Gasteiger partial charge in [-0.05, 0) is 89.9 Å². The molecule has 0 aliphatic carbocycles. The smallest absolute Gasteiger partial charge is 0.306 e. The number of hydrogen-bond acceptors (Lipinski definition) is 5. The van der Waals surface area contributed by atoms with E-state index in [2.05, 4.69) is 99.0 Å². The molecular weight excluding hydrogens is 827 g/mol. The second-order valence-corrected chi connectivity index (χ2v) is 18.7. The quantitative estimate of drug-likeness (QED) is 0.0244. The molecule has 0 radical (unpaired) electrons. The fourth-order valence-corrected chi connectivity index (χ4v) is 8.01. The first kappa shape index (κ1) is 63.8. The van der Waals surface area contributed by atoms with Gasteiger partial charge in [-0.25, -0.2) is 0 Å². The molecule has 3 atom stereocenters. The molecule has 0 heterocycles. The summed E-state index contributed by atoms with van der Waals surface area (Å²) in [4.78, 5) is 26.2. The van der Waals surface area contributed by atoms with Crippen LogP contribution in [0.1, 0.15) is 252 Å². The number of aliphatic hydroxyl groups is 2. The van der Waals surface area contributed by atoms with Crippen LogP contribution in [0.5, 0.6) is 0 Å². The Morgan fingerprint density at radius 1 is 0.463 bits per heavy atom. The molecule has 0 aromatic heterocycles. The summed E-state index contributed by atoms with van der Waals surface area (Å²) in [5.41, 5.74) is 0. The molecule has 6 nitrogen and oxygen atoms in total. The van der Waals surface area contributed by atoms with E-state index in [1.165, 1.54) is 109 Å². The molecule has 0 aromatic carbocycles. The highest BCUT2D eigenvalue weighted by molar-refractivity contribution is 5.77. The zero-order chi connectivity index (χ0) is 48.8. The largest absolute Gasteiger partial charge is 0.462 e. The molecule has 6 heteroatoms. The number of aliphatic hydroxyl groups excluding tert-OH is 2. The van der Waals surface area contributed by atoms with E-state index in [4.69, 9.17) is 4.74 Å². The fraction of sp³-hybridized carbons (Fsp3) is 0.705. The number of carbonyl (C=O) groups is 2. The number of nitrogens with one attached hydrogen (secondary N) is 1. The number of ether oxygens (including phenoxy) is 1. The summed E-state index contributed by atoms with van der Waals surface area (Å²) in [6.45, 7) is 6.31. The topological polar surface area (TPSA) is 95.9 Å². The van der Waals surface area contributed by atoms with Gasteiger partial charge in [0, 0.05) is 6.42 Å². The molecule has 3 unspecified atom stereocenters. The van der Waals surface area contributed by atoms with Gasteiger partial charge in [0.1, 0.15) is 6.10 Å². The van der Waals surface area contributed by atoms with Gasteiger partial charge in [-0.2, -0.15) is 0 Å². The molecular formula is C61H105NO5. The van der Waals surface area contributed by atoms with Crippen LogP contribution in [0.3, 0.4) is 0 Å². The van der Waals surface area contributed by atoms with Crippen LogP contribution in [-0.4, -0.2) is 46.9 Å². The molecule has 0 aliphatic heterocycles. The van der Waals surface area contributed by atoms with Crippen LogP contribution in [0.4, 0.5) is 0 Å². The van der Waals surface area contributed by atoms with Gasteiger partial charge in [0.25, 0.3) is 0 Å². The number of hydrogen-bond donors (Lipinski definition) is 3. The van der Waals surface area contributed by atoms with Crippen LogP contribution in [0.15, 0.2) is 97.2 Å². The van der Waals surface area contributed by atoms with Crippen molar-refractivity contribution < 1.29 is 24.5 Å². The van der Waals surface area contributed by atoms with Gasteiger partial charge in [0.15, 0.2) is 0 Å². The van der Waals surface area contributed by atoms with Crippen LogP contribution in [-0.2, 0) is 14.3 Å². The minimum Gasteiger partial charge on any atom is -0.462 e. The lowest BCUT2D eigenvalue weighted by molar-refractivity contribution is -0.151. The maximum Gasteiger partial charge on any atom is 0.306 e. The number of unbranched alkanes of at least 4 members (excludes halogenated alkanes) is 24. The van der Waals surface area contributed by atoms with Gasteiger partial charge < -0.3 is 20.3 Å². The van der Waals surface area contributed by atoms with Crippen molar-refractivity contribution in [2.75, 3.05) is 6.61 Å². The normalized spacial score (nSPS) is 13.9. The summed E-state index contributed by atoms with van der Waals surface area (Å²) >= 11 is 0. The Morgan fingerprint density at radius 2 is 0.866 bits per heavy atom. The summed E-state index contributed by atoms with van der Waals surface area (Å²) in [5.74, 6) is -0.553. The first-order chi connectivity index (χ1) is 33.0. The van der Waals surface area contributed by atoms with Gasteiger partial charge in [-0.1, -0.05) is 246 Å². The average molecular weight is 933 g/mol. The van der Waals surface area contributed by atoms with E-state index in [1.54, 1.807) is 0 Å². The number of carbonyl (C=O) groups excluding carboxylic acids is 2. The summed E-state index contributed by atoms with van der Waals surface area (Å²) in [6.07, 6.45) is 71.8. The zero-order valence-corrected chi connectivity index (χ0v) is 43.8. The van der Waals surface area contributed by atoms with Crippen LogP contribution in [0.25, 0.3) is 0 Å². The van der Waals surface area contributed by atoms with Crippen LogP contribution >= 0.6 is 0 Å². The third kappa shape index (κ3) is 49.0. The third-order valence-electron chi connectivity index (χ3n) is 12.2. The van der Waals surface area contributed by atoms with Crippen molar-refractivity contribution in [1.29, 1.82) is 0 Å². The van der Waals surface area contributed by atoms with Crippen molar-refractivity contribution in [2.45, 2.75) is 270 Å². The number of amides is 1. The van der Waals surface area contributed by atoms with E-state index in [0.717, 1.165) is 96.3 Å². The Labute approximate surface area is 414 Å². The lowest BCUT2D eigenvalue weighted by atomic mass is 10.0. The van der Waals surface area contributed by atoms with Gasteiger partial charge in [0.05, 0.1) is 25.2 Å². The Morgan fingerprint density at radius 3 is 1.39 bits per heavy atom. The first-order valence-corrected chi connectivity index (χ1v) is 28.0. The molecule has 1 amide bonds. The van der Waals surface area contributed by atoms with Crippen LogP contribution in [0, 0.1) is 0 Å². The SMILES string of the molecule is CC/C=C/C=C/C=C/C=C\CCCCCC(CC(=O)NC(CO)C(O)CCCCCCCCCCCCCCCCCC)OC(=O)CCCCC/C=C\C/C=C\C/C=C\C/C=C\CCCCC. The Hall–Kier alpha value is -3.22. The fourth-order valence-electron chi connectivity index (χ4n) is 8.01. The maximum atomic E-state index is 13.2. The number of allylic oxidation sites excluding steroid dienone is 16. The maximum absolute atomic E-state index is 13.2. The van der Waals surface area contributed by atoms with Crippen molar-refractivity contribution in [3.8, 4) is 0 Å². The van der Waals surface area contributed by atoms with Crippen LogP contribution < -0.4 is 5.32 Å². The van der Waals surface area contributed by atoms with Crippen LogP contribution in [0.2, 0.25) is 0 Å². The standard InChI is InChI=1S/C61H105NO5/c1-4-7-10-13-16-19-22-25-27-29-30-31-33-36-39-42-45-48-51-54-61(66)67-57(52-49-46-43-40-37-34-24-21-18-15-12-9-6-3)55-60(65)62-58(56-63)59(64)53-50-47-44-41-38-35-32-28-26-23-20-17-14-11-8-5-2/h9,12,15-16,18-19,21,24-25,27,30-31,34,36-37,39,57-59,63-64H,4-8,10-11,13-14,17,20,22-23,26,28-29,32-33,35,38,40-56H2,1-3H3,(H,62,65)/b12-9+,18-15+,19-16-,24-21+,27-25-,31-30-,37-34-,39-36-. The van der Waals surface area contributed by atoms with E-state index in [9.17, 15) is 19.8 Å². The molecule has 3 N–H and O–H groups in total. The molecule has 0 saturated carbocycles. The third-order valence-corrected chi connectivity index (χ3v) is 12.2. The Bertz CT molecular complexity index is 1320. The van der Waals surface area contributed by atoms with Crippen molar-refractivity contribution >= 4 is 11.9 Å². The molecule has 384 valence electrons. The number of esters is 1. The van der Waals surface area contributed by atoms with Gasteiger partial charge in [-0.15, -0.1) is 0 Å². The zero-order valence-electron chi connectivity index (χ0n) is 43.8. The molecule has 0 saturated heterocycles.